The maximum atomic E-state index is 12.3. The predicted molar refractivity (Wildman–Crippen MR) is 85.7 cm³/mol. The van der Waals surface area contributed by atoms with E-state index in [1.165, 1.54) is 16.8 Å². The summed E-state index contributed by atoms with van der Waals surface area (Å²) in [7, 11) is -1.97. The van der Waals surface area contributed by atoms with Crippen molar-refractivity contribution in [2.75, 3.05) is 4.72 Å². The molecule has 21 heavy (non-hydrogen) atoms. The number of anilines is 1. The molecule has 0 saturated heterocycles. The normalized spacial score (nSPS) is 11.3. The molecule has 112 valence electrons. The lowest BCUT2D eigenvalue weighted by molar-refractivity contribution is 0.600. The summed E-state index contributed by atoms with van der Waals surface area (Å²) in [5.41, 5.74) is 7.07. The van der Waals surface area contributed by atoms with Gasteiger partial charge in [-0.25, -0.2) is 8.42 Å². The van der Waals surface area contributed by atoms with Crippen LogP contribution in [0.25, 0.3) is 0 Å². The molecule has 0 unspecified atom stereocenters. The van der Waals surface area contributed by atoms with Gasteiger partial charge in [-0.15, -0.1) is 0 Å². The molecule has 0 saturated carbocycles. The lowest BCUT2D eigenvalue weighted by Gasteiger charge is -2.08. The number of hydrogen-bond acceptors (Lipinski definition) is 4. The summed E-state index contributed by atoms with van der Waals surface area (Å²) in [5.74, 6) is 0.416. The van der Waals surface area contributed by atoms with E-state index in [0.717, 1.165) is 11.3 Å². The van der Waals surface area contributed by atoms with Crippen LogP contribution < -0.4 is 10.5 Å². The Hall–Kier alpha value is -1.93. The summed E-state index contributed by atoms with van der Waals surface area (Å²) in [6, 6.07) is 8.11. The summed E-state index contributed by atoms with van der Waals surface area (Å²) in [6.07, 6.45) is 0.448. The molecule has 1 aromatic heterocycles. The fourth-order valence-electron chi connectivity index (χ4n) is 1.89. The van der Waals surface area contributed by atoms with E-state index in [9.17, 15) is 8.42 Å². The summed E-state index contributed by atoms with van der Waals surface area (Å²) < 4.78 is 28.6. The number of aryl methyl sites for hydroxylation is 2. The van der Waals surface area contributed by atoms with Gasteiger partial charge in [0.2, 0.25) is 0 Å². The standard InChI is InChI=1S/C13H16N4O2S2/c1-9-7-13(17(2)15-9)16-21(18,19)11-5-3-10(4-6-11)8-12(14)20/h3-7,16H,8H2,1-2H3,(H2,14,20). The average molecular weight is 324 g/mol. The van der Waals surface area contributed by atoms with Crippen LogP contribution in [0.5, 0.6) is 0 Å². The SMILES string of the molecule is Cc1cc(NS(=O)(=O)c2ccc(CC(N)=S)cc2)n(C)n1. The molecule has 6 nitrogen and oxygen atoms in total. The Balaban J connectivity index is 2.23. The Labute approximate surface area is 129 Å². The quantitative estimate of drug-likeness (QED) is 0.811. The third-order valence-electron chi connectivity index (χ3n) is 2.85. The zero-order valence-electron chi connectivity index (χ0n) is 11.7. The smallest absolute Gasteiger partial charge is 0.263 e. The monoisotopic (exact) mass is 324 g/mol. The highest BCUT2D eigenvalue weighted by atomic mass is 32.2. The highest BCUT2D eigenvalue weighted by Gasteiger charge is 2.16. The molecule has 1 heterocycles. The van der Waals surface area contributed by atoms with Crippen LogP contribution in [-0.2, 0) is 23.5 Å². The number of benzene rings is 1. The van der Waals surface area contributed by atoms with Crippen LogP contribution in [0.15, 0.2) is 35.2 Å². The molecule has 0 aliphatic heterocycles. The first-order chi connectivity index (χ1) is 9.78. The highest BCUT2D eigenvalue weighted by molar-refractivity contribution is 7.92. The third-order valence-corrected chi connectivity index (χ3v) is 4.37. The van der Waals surface area contributed by atoms with Crippen LogP contribution in [0.4, 0.5) is 5.82 Å². The van der Waals surface area contributed by atoms with Gasteiger partial charge in [0.25, 0.3) is 10.0 Å². The van der Waals surface area contributed by atoms with E-state index >= 15 is 0 Å². The van der Waals surface area contributed by atoms with Crippen LogP contribution in [0, 0.1) is 6.92 Å². The Morgan fingerprint density at radius 2 is 2.00 bits per heavy atom. The topological polar surface area (TPSA) is 90.0 Å². The minimum atomic E-state index is -3.64. The first-order valence-corrected chi connectivity index (χ1v) is 8.08. The van der Waals surface area contributed by atoms with Gasteiger partial charge >= 0.3 is 0 Å². The zero-order valence-corrected chi connectivity index (χ0v) is 13.3. The first-order valence-electron chi connectivity index (χ1n) is 6.18. The van der Waals surface area contributed by atoms with Gasteiger partial charge in [-0.05, 0) is 24.6 Å². The zero-order chi connectivity index (χ0) is 15.6. The van der Waals surface area contributed by atoms with E-state index < -0.39 is 10.0 Å². The van der Waals surface area contributed by atoms with E-state index in [1.807, 2.05) is 0 Å². The van der Waals surface area contributed by atoms with Gasteiger partial charge in [-0.1, -0.05) is 24.4 Å². The molecule has 0 atom stereocenters. The summed E-state index contributed by atoms with van der Waals surface area (Å²) >= 11 is 4.82. The van der Waals surface area contributed by atoms with Gasteiger partial charge < -0.3 is 5.73 Å². The molecule has 2 rings (SSSR count). The molecule has 0 fully saturated rings. The van der Waals surface area contributed by atoms with Crippen molar-refractivity contribution in [2.45, 2.75) is 18.2 Å². The Morgan fingerprint density at radius 1 is 1.38 bits per heavy atom. The summed E-state index contributed by atoms with van der Waals surface area (Å²) in [5, 5.41) is 4.10. The molecular formula is C13H16N4O2S2. The van der Waals surface area contributed by atoms with Crippen LogP contribution in [0.2, 0.25) is 0 Å². The summed E-state index contributed by atoms with van der Waals surface area (Å²) in [6.45, 7) is 1.79. The fourth-order valence-corrected chi connectivity index (χ4v) is 3.14. The molecule has 1 aromatic carbocycles. The number of thiocarbonyl (C=S) groups is 1. The lowest BCUT2D eigenvalue weighted by atomic mass is 10.1. The number of rotatable bonds is 5. The van der Waals surface area contributed by atoms with Crippen molar-refractivity contribution < 1.29 is 8.42 Å². The molecule has 2 aromatic rings. The van der Waals surface area contributed by atoms with Crippen LogP contribution in [0.1, 0.15) is 11.3 Å². The summed E-state index contributed by atoms with van der Waals surface area (Å²) in [4.78, 5) is 0.544. The van der Waals surface area contributed by atoms with E-state index in [4.69, 9.17) is 18.0 Å². The van der Waals surface area contributed by atoms with Crippen molar-refractivity contribution in [1.82, 2.24) is 9.78 Å². The van der Waals surface area contributed by atoms with Gasteiger partial charge in [-0.3, -0.25) is 9.40 Å². The number of sulfonamides is 1. The van der Waals surface area contributed by atoms with Gasteiger partial charge in [0.05, 0.1) is 15.6 Å². The van der Waals surface area contributed by atoms with Crippen molar-refractivity contribution in [2.24, 2.45) is 12.8 Å². The molecule has 0 amide bonds. The number of hydrogen-bond donors (Lipinski definition) is 2. The molecule has 8 heteroatoms. The van der Waals surface area contributed by atoms with Gasteiger partial charge in [0, 0.05) is 19.5 Å². The second kappa shape index (κ2) is 5.82. The van der Waals surface area contributed by atoms with Crippen molar-refractivity contribution >= 4 is 33.0 Å². The molecule has 0 radical (unpaired) electrons. The molecule has 0 spiro atoms. The number of aromatic nitrogens is 2. The first kappa shape index (κ1) is 15.5. The maximum absolute atomic E-state index is 12.3. The number of nitrogens with one attached hydrogen (secondary N) is 1. The number of nitrogens with zero attached hydrogens (tertiary/aromatic N) is 2. The molecule has 3 N–H and O–H groups in total. The fraction of sp³-hybridized carbons (Fsp3) is 0.231. The Bertz CT molecular complexity index is 764. The Kier molecular flexibility index (Phi) is 4.29. The minimum absolute atomic E-state index is 0.174. The van der Waals surface area contributed by atoms with E-state index in [0.29, 0.717) is 17.2 Å². The lowest BCUT2D eigenvalue weighted by Crippen LogP contribution is -2.15. The van der Waals surface area contributed by atoms with Gasteiger partial charge in [0.15, 0.2) is 0 Å². The Morgan fingerprint density at radius 3 is 2.48 bits per heavy atom. The van der Waals surface area contributed by atoms with Crippen molar-refractivity contribution in [3.63, 3.8) is 0 Å². The minimum Gasteiger partial charge on any atom is -0.393 e. The van der Waals surface area contributed by atoms with E-state index in [-0.39, 0.29) is 4.90 Å². The highest BCUT2D eigenvalue weighted by Crippen LogP contribution is 2.17. The molecule has 0 aliphatic carbocycles. The van der Waals surface area contributed by atoms with Crippen LogP contribution in [0.3, 0.4) is 0 Å². The van der Waals surface area contributed by atoms with Crippen molar-refractivity contribution in [3.8, 4) is 0 Å². The van der Waals surface area contributed by atoms with E-state index in [2.05, 4.69) is 9.82 Å². The second-order valence-corrected chi connectivity index (χ2v) is 6.89. The van der Waals surface area contributed by atoms with Crippen LogP contribution >= 0.6 is 12.2 Å². The van der Waals surface area contributed by atoms with Crippen molar-refractivity contribution in [3.05, 3.63) is 41.6 Å². The molecule has 0 bridgehead atoms. The van der Waals surface area contributed by atoms with Gasteiger partial charge in [0.1, 0.15) is 5.82 Å². The average Bonchev–Trinajstić information content (AvgIpc) is 2.67. The third kappa shape index (κ3) is 3.79. The van der Waals surface area contributed by atoms with Gasteiger partial charge in [-0.2, -0.15) is 5.10 Å². The van der Waals surface area contributed by atoms with Crippen LogP contribution in [-0.4, -0.2) is 23.2 Å². The maximum Gasteiger partial charge on any atom is 0.263 e. The predicted octanol–water partition coefficient (Wildman–Crippen LogP) is 1.36. The largest absolute Gasteiger partial charge is 0.393 e. The molecule has 0 aliphatic rings. The van der Waals surface area contributed by atoms with E-state index in [1.54, 1.807) is 32.2 Å². The molecular weight excluding hydrogens is 308 g/mol. The van der Waals surface area contributed by atoms with Crippen molar-refractivity contribution in [1.29, 1.82) is 0 Å². The number of nitrogens with two attached hydrogens (primary N) is 1. The second-order valence-electron chi connectivity index (χ2n) is 4.69.